The monoisotopic (exact) mass is 277 g/mol. The first-order chi connectivity index (χ1) is 9.11. The third-order valence-corrected chi connectivity index (χ3v) is 3.40. The van der Waals surface area contributed by atoms with Crippen LogP contribution in [0, 0.1) is 5.82 Å². The van der Waals surface area contributed by atoms with Gasteiger partial charge in [-0.05, 0) is 54.4 Å². The minimum atomic E-state index is -0.225. The molecule has 0 saturated heterocycles. The van der Waals surface area contributed by atoms with E-state index in [2.05, 4.69) is 19.2 Å². The molecule has 0 fully saturated rings. The van der Waals surface area contributed by atoms with Crippen LogP contribution in [0.5, 0.6) is 0 Å². The average molecular weight is 278 g/mol. The van der Waals surface area contributed by atoms with Crippen LogP contribution in [0.2, 0.25) is 5.02 Å². The van der Waals surface area contributed by atoms with Crippen LogP contribution in [0.1, 0.15) is 25.5 Å². The van der Waals surface area contributed by atoms with Crippen LogP contribution in [-0.4, -0.2) is 6.54 Å². The standard InChI is InChI=1S/C16H17ClFN/c1-3-19-11(2)15-9-8-14(18)10-16(15)12-4-6-13(17)7-5-12/h4-11,19H,3H2,1-2H3. The van der Waals surface area contributed by atoms with Gasteiger partial charge in [-0.2, -0.15) is 0 Å². The van der Waals surface area contributed by atoms with Crippen LogP contribution >= 0.6 is 11.6 Å². The van der Waals surface area contributed by atoms with Gasteiger partial charge in [0.05, 0.1) is 0 Å². The fourth-order valence-electron chi connectivity index (χ4n) is 2.20. The summed E-state index contributed by atoms with van der Waals surface area (Å²) in [7, 11) is 0. The minimum absolute atomic E-state index is 0.177. The maximum Gasteiger partial charge on any atom is 0.123 e. The summed E-state index contributed by atoms with van der Waals surface area (Å²) >= 11 is 5.90. The maximum absolute atomic E-state index is 13.5. The molecule has 0 aliphatic carbocycles. The highest BCUT2D eigenvalue weighted by molar-refractivity contribution is 6.30. The highest BCUT2D eigenvalue weighted by atomic mass is 35.5. The Morgan fingerprint density at radius 3 is 2.47 bits per heavy atom. The quantitative estimate of drug-likeness (QED) is 0.845. The summed E-state index contributed by atoms with van der Waals surface area (Å²) in [5.74, 6) is -0.225. The number of halogens is 2. The van der Waals surface area contributed by atoms with E-state index in [1.165, 1.54) is 6.07 Å². The number of nitrogens with one attached hydrogen (secondary N) is 1. The molecule has 19 heavy (non-hydrogen) atoms. The van der Waals surface area contributed by atoms with Gasteiger partial charge in [0.1, 0.15) is 5.82 Å². The Morgan fingerprint density at radius 2 is 1.84 bits per heavy atom. The molecule has 0 radical (unpaired) electrons. The van der Waals surface area contributed by atoms with E-state index >= 15 is 0 Å². The SMILES string of the molecule is CCNC(C)c1ccc(F)cc1-c1ccc(Cl)cc1. The Bertz CT molecular complexity index is 551. The topological polar surface area (TPSA) is 12.0 Å². The second-order valence-corrected chi connectivity index (χ2v) is 4.95. The van der Waals surface area contributed by atoms with Gasteiger partial charge in [-0.3, -0.25) is 0 Å². The van der Waals surface area contributed by atoms with Crippen molar-refractivity contribution < 1.29 is 4.39 Å². The van der Waals surface area contributed by atoms with E-state index in [0.717, 1.165) is 23.2 Å². The molecule has 0 aromatic heterocycles. The Labute approximate surface area is 118 Å². The second kappa shape index (κ2) is 6.18. The zero-order valence-corrected chi connectivity index (χ0v) is 11.8. The maximum atomic E-state index is 13.5. The lowest BCUT2D eigenvalue weighted by atomic mass is 9.95. The Balaban J connectivity index is 2.48. The van der Waals surface area contributed by atoms with Crippen LogP contribution in [0.3, 0.4) is 0 Å². The van der Waals surface area contributed by atoms with Crippen LogP contribution in [0.4, 0.5) is 4.39 Å². The van der Waals surface area contributed by atoms with Gasteiger partial charge in [0.25, 0.3) is 0 Å². The number of rotatable bonds is 4. The van der Waals surface area contributed by atoms with Crippen molar-refractivity contribution in [2.24, 2.45) is 0 Å². The Hall–Kier alpha value is -1.38. The van der Waals surface area contributed by atoms with E-state index in [9.17, 15) is 4.39 Å². The van der Waals surface area contributed by atoms with Crippen LogP contribution in [0.15, 0.2) is 42.5 Å². The van der Waals surface area contributed by atoms with Crippen molar-refractivity contribution in [2.75, 3.05) is 6.54 Å². The predicted molar refractivity (Wildman–Crippen MR) is 78.9 cm³/mol. The van der Waals surface area contributed by atoms with E-state index in [4.69, 9.17) is 11.6 Å². The van der Waals surface area contributed by atoms with Crippen molar-refractivity contribution in [3.05, 3.63) is 58.9 Å². The van der Waals surface area contributed by atoms with E-state index in [1.807, 2.05) is 30.3 Å². The second-order valence-electron chi connectivity index (χ2n) is 4.52. The third-order valence-electron chi connectivity index (χ3n) is 3.15. The van der Waals surface area contributed by atoms with Gasteiger partial charge in [-0.25, -0.2) is 4.39 Å². The molecule has 2 rings (SSSR count). The Kier molecular flexibility index (Phi) is 4.56. The summed E-state index contributed by atoms with van der Waals surface area (Å²) in [5.41, 5.74) is 2.97. The highest BCUT2D eigenvalue weighted by Gasteiger charge is 2.12. The van der Waals surface area contributed by atoms with Crippen LogP contribution in [0.25, 0.3) is 11.1 Å². The van der Waals surface area contributed by atoms with Gasteiger partial charge in [-0.15, -0.1) is 0 Å². The molecule has 1 atom stereocenters. The first-order valence-corrected chi connectivity index (χ1v) is 6.78. The predicted octanol–water partition coefficient (Wildman–Crippen LogP) is 4.82. The molecule has 100 valence electrons. The van der Waals surface area contributed by atoms with E-state index in [0.29, 0.717) is 5.02 Å². The summed E-state index contributed by atoms with van der Waals surface area (Å²) < 4.78 is 13.5. The summed E-state index contributed by atoms with van der Waals surface area (Å²) in [6.07, 6.45) is 0. The van der Waals surface area contributed by atoms with E-state index in [-0.39, 0.29) is 11.9 Å². The normalized spacial score (nSPS) is 12.4. The van der Waals surface area contributed by atoms with Gasteiger partial charge in [0.2, 0.25) is 0 Å². The number of hydrogen-bond donors (Lipinski definition) is 1. The van der Waals surface area contributed by atoms with Gasteiger partial charge in [0.15, 0.2) is 0 Å². The molecule has 0 heterocycles. The van der Waals surface area contributed by atoms with Crippen molar-refractivity contribution >= 4 is 11.6 Å². The molecule has 1 N–H and O–H groups in total. The molecule has 0 aliphatic rings. The summed E-state index contributed by atoms with van der Waals surface area (Å²) in [4.78, 5) is 0. The molecule has 0 bridgehead atoms. The molecule has 0 amide bonds. The van der Waals surface area contributed by atoms with Crippen molar-refractivity contribution in [1.82, 2.24) is 5.32 Å². The average Bonchev–Trinajstić information content (AvgIpc) is 2.39. The molecule has 1 nitrogen and oxygen atoms in total. The van der Waals surface area contributed by atoms with Gasteiger partial charge in [-0.1, -0.05) is 36.7 Å². The number of benzene rings is 2. The van der Waals surface area contributed by atoms with Gasteiger partial charge < -0.3 is 5.32 Å². The zero-order chi connectivity index (χ0) is 13.8. The first-order valence-electron chi connectivity index (χ1n) is 6.40. The lowest BCUT2D eigenvalue weighted by Gasteiger charge is -2.17. The lowest BCUT2D eigenvalue weighted by molar-refractivity contribution is 0.593. The van der Waals surface area contributed by atoms with Gasteiger partial charge >= 0.3 is 0 Å². The molecule has 2 aromatic carbocycles. The molecule has 0 spiro atoms. The lowest BCUT2D eigenvalue weighted by Crippen LogP contribution is -2.18. The smallest absolute Gasteiger partial charge is 0.123 e. The molecular formula is C16H17ClFN. The largest absolute Gasteiger partial charge is 0.310 e. The van der Waals surface area contributed by atoms with Crippen molar-refractivity contribution in [1.29, 1.82) is 0 Å². The zero-order valence-electron chi connectivity index (χ0n) is 11.1. The summed E-state index contributed by atoms with van der Waals surface area (Å²) in [6, 6.07) is 12.6. The molecular weight excluding hydrogens is 261 g/mol. The summed E-state index contributed by atoms with van der Waals surface area (Å²) in [6.45, 7) is 5.01. The molecule has 0 aliphatic heterocycles. The fourth-order valence-corrected chi connectivity index (χ4v) is 2.33. The fraction of sp³-hybridized carbons (Fsp3) is 0.250. The minimum Gasteiger partial charge on any atom is -0.310 e. The van der Waals surface area contributed by atoms with E-state index in [1.54, 1.807) is 6.07 Å². The van der Waals surface area contributed by atoms with Crippen molar-refractivity contribution in [3.8, 4) is 11.1 Å². The Morgan fingerprint density at radius 1 is 1.16 bits per heavy atom. The van der Waals surface area contributed by atoms with Crippen molar-refractivity contribution in [3.63, 3.8) is 0 Å². The molecule has 3 heteroatoms. The highest BCUT2D eigenvalue weighted by Crippen LogP contribution is 2.29. The van der Waals surface area contributed by atoms with Crippen LogP contribution in [-0.2, 0) is 0 Å². The first kappa shape index (κ1) is 14.0. The molecule has 2 aromatic rings. The molecule has 0 saturated carbocycles. The summed E-state index contributed by atoms with van der Waals surface area (Å²) in [5, 5.41) is 4.04. The number of hydrogen-bond acceptors (Lipinski definition) is 1. The molecule has 1 unspecified atom stereocenters. The van der Waals surface area contributed by atoms with E-state index < -0.39 is 0 Å². The van der Waals surface area contributed by atoms with Crippen molar-refractivity contribution in [2.45, 2.75) is 19.9 Å². The van der Waals surface area contributed by atoms with Crippen LogP contribution < -0.4 is 5.32 Å². The van der Waals surface area contributed by atoms with Gasteiger partial charge in [0, 0.05) is 11.1 Å². The third kappa shape index (κ3) is 3.34.